The van der Waals surface area contributed by atoms with Crippen LogP contribution in [0.2, 0.25) is 0 Å². The molecule has 1 unspecified atom stereocenters. The molecule has 12 heteroatoms. The molecule has 1 spiro atoms. The normalized spacial score (nSPS) is 37.4. The van der Waals surface area contributed by atoms with E-state index < -0.39 is 64.8 Å². The fraction of sp³-hybridized carbons (Fsp3) is 0.455. The summed E-state index contributed by atoms with van der Waals surface area (Å²) in [4.78, 5) is 44.4. The number of aliphatic hydroxyl groups is 2. The molecule has 8 rings (SSSR count). The SMILES string of the molecule is CC(=O)[C@]1(O)[C@H](O)C[C@H](OC2c3cc4c(c(O)c3[C@@H]3C[C@@]2(C)O[C@@]32C=C3CCN=C3N2)C(=O)c2cccc(O)c2C4=O)O[C@H]1C. The Morgan fingerprint density at radius 3 is 2.62 bits per heavy atom. The number of phenolic OH excluding ortho intramolecular Hbond substituents is 2. The highest BCUT2D eigenvalue weighted by Gasteiger charge is 2.65. The van der Waals surface area contributed by atoms with E-state index in [1.807, 2.05) is 13.0 Å². The van der Waals surface area contributed by atoms with Crippen molar-refractivity contribution in [2.45, 2.75) is 87.5 Å². The largest absolute Gasteiger partial charge is 0.507 e. The maximum absolute atomic E-state index is 13.8. The number of phenols is 2. The van der Waals surface area contributed by atoms with Gasteiger partial charge in [-0.25, -0.2) is 0 Å². The molecule has 4 heterocycles. The van der Waals surface area contributed by atoms with Crippen molar-refractivity contribution in [3.05, 3.63) is 69.3 Å². The van der Waals surface area contributed by atoms with Gasteiger partial charge in [0.05, 0.1) is 28.9 Å². The first kappa shape index (κ1) is 28.5. The molecule has 2 aromatic carbocycles. The number of hydrogen-bond acceptors (Lipinski definition) is 12. The van der Waals surface area contributed by atoms with Crippen LogP contribution in [0, 0.1) is 0 Å². The van der Waals surface area contributed by atoms with Gasteiger partial charge in [0.2, 0.25) is 0 Å². The highest BCUT2D eigenvalue weighted by atomic mass is 16.7. The summed E-state index contributed by atoms with van der Waals surface area (Å²) in [7, 11) is 0. The minimum Gasteiger partial charge on any atom is -0.507 e. The number of carbonyl (C=O) groups is 3. The molecule has 2 aromatic rings. The molecule has 234 valence electrons. The van der Waals surface area contributed by atoms with Gasteiger partial charge in [0.25, 0.3) is 0 Å². The molecule has 6 aliphatic rings. The lowest BCUT2D eigenvalue weighted by Gasteiger charge is -2.46. The fourth-order valence-electron chi connectivity index (χ4n) is 8.28. The third-order valence-electron chi connectivity index (χ3n) is 10.5. The van der Waals surface area contributed by atoms with Gasteiger partial charge in [-0.2, -0.15) is 0 Å². The fourth-order valence-corrected chi connectivity index (χ4v) is 8.28. The zero-order valence-corrected chi connectivity index (χ0v) is 24.8. The summed E-state index contributed by atoms with van der Waals surface area (Å²) >= 11 is 0. The second kappa shape index (κ2) is 9.08. The third-order valence-corrected chi connectivity index (χ3v) is 10.5. The first-order valence-electron chi connectivity index (χ1n) is 15.1. The van der Waals surface area contributed by atoms with Crippen LogP contribution in [-0.4, -0.2) is 85.6 Å². The number of hydrogen-bond donors (Lipinski definition) is 5. The number of carbonyl (C=O) groups excluding carboxylic acids is 3. The number of ether oxygens (including phenoxy) is 3. The van der Waals surface area contributed by atoms with Crippen LogP contribution in [0.4, 0.5) is 0 Å². The topological polar surface area (TPSA) is 184 Å². The molecular weight excluding hydrogens is 584 g/mol. The maximum atomic E-state index is 13.8. The van der Waals surface area contributed by atoms with Crippen molar-refractivity contribution in [2.75, 3.05) is 6.54 Å². The van der Waals surface area contributed by atoms with Crippen LogP contribution in [0.3, 0.4) is 0 Å². The standard InChI is InChI=1S/C33H32N2O10/c1-13(36)33(42)14(2)43-22(10-21(33)38)44-29-18-9-17-25(26(39)16-5-4-6-20(37)24(16)27(17)40)28(41)23(18)19-12-31(29,3)45-32(19)11-15-7-8-34-30(15)35-32/h4-6,9,11,14,19,21-22,29,37-38,41-42H,7-8,10,12H2,1-3H3,(H,34,35)/t14-,19-,21+,22-,29?,31+,32-,33+/m0/s1. The molecule has 5 N–H and O–H groups in total. The number of fused-ring (bicyclic) bond motifs is 8. The number of aliphatic hydroxyl groups excluding tert-OH is 1. The monoisotopic (exact) mass is 616 g/mol. The van der Waals surface area contributed by atoms with Crippen LogP contribution >= 0.6 is 0 Å². The minimum absolute atomic E-state index is 0.00452. The van der Waals surface area contributed by atoms with Gasteiger partial charge in [0.1, 0.15) is 23.4 Å². The first-order valence-corrected chi connectivity index (χ1v) is 15.1. The number of ketones is 3. The third kappa shape index (κ3) is 3.59. The van der Waals surface area contributed by atoms with Crippen molar-refractivity contribution in [3.63, 3.8) is 0 Å². The minimum atomic E-state index is -2.12. The first-order chi connectivity index (χ1) is 21.3. The zero-order valence-electron chi connectivity index (χ0n) is 24.8. The van der Waals surface area contributed by atoms with Gasteiger partial charge in [-0.15, -0.1) is 0 Å². The van der Waals surface area contributed by atoms with Gasteiger partial charge in [-0.3, -0.25) is 19.4 Å². The Morgan fingerprint density at radius 2 is 1.91 bits per heavy atom. The molecule has 4 aliphatic heterocycles. The summed E-state index contributed by atoms with van der Waals surface area (Å²) in [6.45, 7) is 5.13. The number of amidine groups is 1. The lowest BCUT2D eigenvalue weighted by molar-refractivity contribution is -0.301. The molecule has 2 bridgehead atoms. The van der Waals surface area contributed by atoms with E-state index in [-0.39, 0.29) is 40.2 Å². The van der Waals surface area contributed by atoms with Crippen molar-refractivity contribution in [3.8, 4) is 11.5 Å². The summed E-state index contributed by atoms with van der Waals surface area (Å²) in [5.41, 5.74) is -2.98. The van der Waals surface area contributed by atoms with E-state index in [0.29, 0.717) is 29.9 Å². The van der Waals surface area contributed by atoms with Gasteiger partial charge in [-0.1, -0.05) is 12.1 Å². The number of Topliss-reactive ketones (excluding diaryl/α,β-unsaturated/α-hetero) is 1. The zero-order chi connectivity index (χ0) is 31.8. The number of nitrogens with zero attached hydrogens (tertiary/aromatic N) is 1. The number of aliphatic imine (C=N–C) groups is 1. The molecule has 2 aliphatic carbocycles. The van der Waals surface area contributed by atoms with Crippen LogP contribution in [0.25, 0.3) is 0 Å². The van der Waals surface area contributed by atoms with E-state index in [4.69, 9.17) is 14.2 Å². The van der Waals surface area contributed by atoms with E-state index in [0.717, 1.165) is 12.0 Å². The summed E-state index contributed by atoms with van der Waals surface area (Å²) in [5, 5.41) is 47.7. The Bertz CT molecular complexity index is 1800. The molecule has 45 heavy (non-hydrogen) atoms. The Kier molecular flexibility index (Phi) is 5.75. The number of nitrogens with one attached hydrogen (secondary N) is 1. The molecule has 0 aromatic heterocycles. The predicted molar refractivity (Wildman–Crippen MR) is 155 cm³/mol. The van der Waals surface area contributed by atoms with E-state index in [1.54, 1.807) is 0 Å². The predicted octanol–water partition coefficient (Wildman–Crippen LogP) is 2.05. The molecule has 0 saturated carbocycles. The average Bonchev–Trinajstić information content (AvgIpc) is 3.62. The highest BCUT2D eigenvalue weighted by Crippen LogP contribution is 2.63. The second-order valence-electron chi connectivity index (χ2n) is 13.1. The number of aromatic hydroxyl groups is 2. The summed E-state index contributed by atoms with van der Waals surface area (Å²) in [6, 6.07) is 5.76. The molecule has 12 nitrogen and oxygen atoms in total. The average molecular weight is 617 g/mol. The lowest BCUT2D eigenvalue weighted by atomic mass is 9.69. The van der Waals surface area contributed by atoms with Gasteiger partial charge < -0.3 is 40.0 Å². The highest BCUT2D eigenvalue weighted by molar-refractivity contribution is 6.30. The Balaban J connectivity index is 1.29. The molecule has 0 amide bonds. The van der Waals surface area contributed by atoms with Crippen LogP contribution < -0.4 is 5.32 Å². The van der Waals surface area contributed by atoms with E-state index in [9.17, 15) is 34.8 Å². The molecule has 0 radical (unpaired) electrons. The van der Waals surface area contributed by atoms with Crippen molar-refractivity contribution in [1.29, 1.82) is 0 Å². The molecule has 2 saturated heterocycles. The van der Waals surface area contributed by atoms with Gasteiger partial charge in [-0.05, 0) is 63.0 Å². The van der Waals surface area contributed by atoms with Gasteiger partial charge in [0.15, 0.2) is 35.0 Å². The molecule has 8 atom stereocenters. The Hall–Kier alpha value is -3.94. The summed E-state index contributed by atoms with van der Waals surface area (Å²) < 4.78 is 19.3. The van der Waals surface area contributed by atoms with E-state index >= 15 is 0 Å². The molecular formula is C33H32N2O10. The van der Waals surface area contributed by atoms with Crippen LogP contribution in [-0.2, 0) is 19.0 Å². The van der Waals surface area contributed by atoms with E-state index in [2.05, 4.69) is 10.3 Å². The quantitative estimate of drug-likeness (QED) is 0.290. The number of rotatable bonds is 3. The Labute approximate surface area is 257 Å². The van der Waals surface area contributed by atoms with Crippen molar-refractivity contribution in [1.82, 2.24) is 5.32 Å². The lowest BCUT2D eigenvalue weighted by Crippen LogP contribution is -2.62. The maximum Gasteiger partial charge on any atom is 0.198 e. The van der Waals surface area contributed by atoms with Crippen molar-refractivity contribution >= 4 is 23.2 Å². The van der Waals surface area contributed by atoms with Gasteiger partial charge >= 0.3 is 0 Å². The Morgan fingerprint density at radius 1 is 1.16 bits per heavy atom. The van der Waals surface area contributed by atoms with Crippen LogP contribution in [0.5, 0.6) is 11.5 Å². The summed E-state index contributed by atoms with van der Waals surface area (Å²) in [6.07, 6.45) is -1.93. The van der Waals surface area contributed by atoms with Crippen LogP contribution in [0.1, 0.15) is 95.0 Å². The summed E-state index contributed by atoms with van der Waals surface area (Å²) in [5.74, 6) is -2.39. The smallest absolute Gasteiger partial charge is 0.198 e. The number of benzene rings is 2. The van der Waals surface area contributed by atoms with Crippen LogP contribution in [0.15, 0.2) is 40.9 Å². The second-order valence-corrected chi connectivity index (χ2v) is 13.1. The van der Waals surface area contributed by atoms with Gasteiger partial charge in [0, 0.05) is 35.6 Å². The van der Waals surface area contributed by atoms with Crippen molar-refractivity contribution < 1.29 is 49.0 Å². The molecule has 2 fully saturated rings. The van der Waals surface area contributed by atoms with E-state index in [1.165, 1.54) is 38.1 Å². The van der Waals surface area contributed by atoms with Crippen molar-refractivity contribution in [2.24, 2.45) is 4.99 Å².